The summed E-state index contributed by atoms with van der Waals surface area (Å²) in [4.78, 5) is 21.1. The molecule has 0 unspecified atom stereocenters. The molecule has 6 rings (SSSR count). The van der Waals surface area contributed by atoms with Gasteiger partial charge in [0.15, 0.2) is 5.65 Å². The minimum Gasteiger partial charge on any atom is -0.497 e. The number of nitrogens with zero attached hydrogens (tertiary/aromatic N) is 4. The van der Waals surface area contributed by atoms with Crippen molar-refractivity contribution >= 4 is 27.5 Å². The van der Waals surface area contributed by atoms with E-state index in [-0.39, 0.29) is 5.56 Å². The summed E-state index contributed by atoms with van der Waals surface area (Å²) in [6, 6.07) is 17.9. The van der Waals surface area contributed by atoms with Crippen molar-refractivity contribution in [2.75, 3.05) is 7.11 Å². The number of methoxy groups -OCH3 is 1. The number of hydrogen-bond acceptors (Lipinski definition) is 4. The fraction of sp³-hybridized carbons (Fsp3) is 0.115. The lowest BCUT2D eigenvalue weighted by Gasteiger charge is -2.08. The van der Waals surface area contributed by atoms with Crippen LogP contribution in [0.25, 0.3) is 38.6 Å². The Morgan fingerprint density at radius 3 is 2.76 bits per heavy atom. The molecule has 2 aromatic carbocycles. The van der Waals surface area contributed by atoms with E-state index >= 15 is 0 Å². The summed E-state index contributed by atoms with van der Waals surface area (Å²) in [7, 11) is 1.66. The average Bonchev–Trinajstić information content (AvgIpc) is 3.48. The van der Waals surface area contributed by atoms with Gasteiger partial charge in [-0.15, -0.1) is 0 Å². The highest BCUT2D eigenvalue weighted by Gasteiger charge is 2.13. The summed E-state index contributed by atoms with van der Waals surface area (Å²) < 4.78 is 8.84. The van der Waals surface area contributed by atoms with Gasteiger partial charge < -0.3 is 14.3 Å². The molecular formula is C26H21N5O2. The summed E-state index contributed by atoms with van der Waals surface area (Å²) in [5.41, 5.74) is 5.59. The predicted molar refractivity (Wildman–Crippen MR) is 129 cm³/mol. The molecular weight excluding hydrogens is 414 g/mol. The maximum atomic E-state index is 13.2. The second-order valence-electron chi connectivity index (χ2n) is 8.01. The van der Waals surface area contributed by atoms with Gasteiger partial charge in [0.2, 0.25) is 0 Å². The number of H-pyrrole nitrogens is 1. The van der Waals surface area contributed by atoms with Crippen LogP contribution in [0.15, 0.2) is 84.2 Å². The van der Waals surface area contributed by atoms with Crippen LogP contribution in [0.5, 0.6) is 5.75 Å². The molecule has 0 fully saturated rings. The average molecular weight is 435 g/mol. The van der Waals surface area contributed by atoms with Crippen LogP contribution in [0.1, 0.15) is 5.56 Å². The molecule has 0 amide bonds. The quantitative estimate of drug-likeness (QED) is 0.434. The standard InChI is InChI=1S/C26H21N5O2/c1-33-19-7-8-23-20(13-19)18(14-27-23)9-11-30-12-10-24-22(26(30)32)15-28-25-21(16-29-31(24)25)17-5-3-2-4-6-17/h2-8,10,12-16,27H,9,11H2,1H3. The molecule has 0 spiro atoms. The molecule has 4 aromatic heterocycles. The van der Waals surface area contributed by atoms with Gasteiger partial charge in [-0.2, -0.15) is 5.10 Å². The van der Waals surface area contributed by atoms with Crippen LogP contribution in [0.3, 0.4) is 0 Å². The third-order valence-corrected chi connectivity index (χ3v) is 6.15. The zero-order valence-electron chi connectivity index (χ0n) is 18.0. The molecule has 0 bridgehead atoms. The van der Waals surface area contributed by atoms with Crippen LogP contribution < -0.4 is 10.3 Å². The van der Waals surface area contributed by atoms with Crippen LogP contribution in [0, 0.1) is 0 Å². The molecule has 1 N–H and O–H groups in total. The van der Waals surface area contributed by atoms with E-state index in [4.69, 9.17) is 4.74 Å². The first-order chi connectivity index (χ1) is 16.2. The Morgan fingerprint density at radius 2 is 1.91 bits per heavy atom. The van der Waals surface area contributed by atoms with E-state index in [2.05, 4.69) is 15.1 Å². The van der Waals surface area contributed by atoms with Crippen LogP contribution in [-0.2, 0) is 13.0 Å². The number of aromatic amines is 1. The number of aryl methyl sites for hydroxylation is 2. The fourth-order valence-corrected chi connectivity index (χ4v) is 4.39. The van der Waals surface area contributed by atoms with Gasteiger partial charge in [-0.1, -0.05) is 30.3 Å². The highest BCUT2D eigenvalue weighted by molar-refractivity contribution is 5.85. The molecule has 0 saturated heterocycles. The molecule has 0 atom stereocenters. The maximum Gasteiger partial charge on any atom is 0.261 e. The molecule has 4 heterocycles. The van der Waals surface area contributed by atoms with Crippen molar-refractivity contribution in [3.05, 3.63) is 95.3 Å². The Kier molecular flexibility index (Phi) is 4.47. The SMILES string of the molecule is COc1ccc2[nH]cc(CCn3ccc4c(cnc5c(-c6ccccc6)cnn54)c3=O)c2c1. The lowest BCUT2D eigenvalue weighted by molar-refractivity contribution is 0.415. The van der Waals surface area contributed by atoms with Crippen LogP contribution >= 0.6 is 0 Å². The van der Waals surface area contributed by atoms with Crippen molar-refractivity contribution in [1.29, 1.82) is 0 Å². The number of nitrogens with one attached hydrogen (secondary N) is 1. The third-order valence-electron chi connectivity index (χ3n) is 6.15. The maximum absolute atomic E-state index is 13.2. The fourth-order valence-electron chi connectivity index (χ4n) is 4.39. The number of fused-ring (bicyclic) bond motifs is 4. The second kappa shape index (κ2) is 7.63. The van der Waals surface area contributed by atoms with Crippen molar-refractivity contribution in [2.45, 2.75) is 13.0 Å². The van der Waals surface area contributed by atoms with Gasteiger partial charge in [0.25, 0.3) is 5.56 Å². The smallest absolute Gasteiger partial charge is 0.261 e. The zero-order valence-corrected chi connectivity index (χ0v) is 18.0. The van der Waals surface area contributed by atoms with Gasteiger partial charge in [-0.05, 0) is 41.8 Å². The van der Waals surface area contributed by atoms with Gasteiger partial charge in [0, 0.05) is 41.6 Å². The molecule has 0 aliphatic carbocycles. The van der Waals surface area contributed by atoms with Crippen molar-refractivity contribution in [2.24, 2.45) is 0 Å². The summed E-state index contributed by atoms with van der Waals surface area (Å²) in [5, 5.41) is 6.18. The molecule has 0 radical (unpaired) electrons. The van der Waals surface area contributed by atoms with Crippen LogP contribution in [-0.4, -0.2) is 31.3 Å². The predicted octanol–water partition coefficient (Wildman–Crippen LogP) is 4.44. The van der Waals surface area contributed by atoms with Gasteiger partial charge in [-0.3, -0.25) is 4.79 Å². The number of rotatable bonds is 5. The lowest BCUT2D eigenvalue weighted by Crippen LogP contribution is -2.21. The Bertz CT molecular complexity index is 1680. The van der Waals surface area contributed by atoms with E-state index in [0.717, 1.165) is 44.5 Å². The van der Waals surface area contributed by atoms with Crippen molar-refractivity contribution in [3.63, 3.8) is 0 Å². The third kappa shape index (κ3) is 3.17. The largest absolute Gasteiger partial charge is 0.497 e. The zero-order chi connectivity index (χ0) is 22.4. The summed E-state index contributed by atoms with van der Waals surface area (Å²) in [6.45, 7) is 0.561. The first-order valence-corrected chi connectivity index (χ1v) is 10.8. The van der Waals surface area contributed by atoms with Crippen molar-refractivity contribution < 1.29 is 4.74 Å². The van der Waals surface area contributed by atoms with Crippen LogP contribution in [0.4, 0.5) is 0 Å². The number of benzene rings is 2. The molecule has 162 valence electrons. The molecule has 6 aromatic rings. The number of ether oxygens (including phenoxy) is 1. The first kappa shape index (κ1) is 19.3. The van der Waals surface area contributed by atoms with E-state index in [1.54, 1.807) is 28.6 Å². The summed E-state index contributed by atoms with van der Waals surface area (Å²) in [5.74, 6) is 0.815. The van der Waals surface area contributed by atoms with E-state index in [1.165, 1.54) is 0 Å². The second-order valence-corrected chi connectivity index (χ2v) is 8.01. The van der Waals surface area contributed by atoms with E-state index in [0.29, 0.717) is 18.4 Å². The number of pyridine rings is 1. The molecule has 0 aliphatic heterocycles. The van der Waals surface area contributed by atoms with Gasteiger partial charge in [0.1, 0.15) is 5.75 Å². The number of hydrogen-bond donors (Lipinski definition) is 1. The monoisotopic (exact) mass is 435 g/mol. The first-order valence-electron chi connectivity index (χ1n) is 10.8. The Labute approximate surface area is 188 Å². The molecule has 0 saturated carbocycles. The molecule has 7 heteroatoms. The summed E-state index contributed by atoms with van der Waals surface area (Å²) in [6.07, 6.45) is 8.01. The highest BCUT2D eigenvalue weighted by Crippen LogP contribution is 2.26. The van der Waals surface area contributed by atoms with E-state index in [9.17, 15) is 4.79 Å². The minimum atomic E-state index is -0.0731. The Balaban J connectivity index is 1.36. The molecule has 33 heavy (non-hydrogen) atoms. The number of aromatic nitrogens is 5. The Hall–Kier alpha value is -4.39. The normalized spacial score (nSPS) is 11.5. The van der Waals surface area contributed by atoms with Gasteiger partial charge in [-0.25, -0.2) is 9.50 Å². The van der Waals surface area contributed by atoms with Gasteiger partial charge >= 0.3 is 0 Å². The van der Waals surface area contributed by atoms with Crippen LogP contribution in [0.2, 0.25) is 0 Å². The highest BCUT2D eigenvalue weighted by atomic mass is 16.5. The van der Waals surface area contributed by atoms with Crippen molar-refractivity contribution in [3.8, 4) is 16.9 Å². The molecule has 7 nitrogen and oxygen atoms in total. The lowest BCUT2D eigenvalue weighted by atomic mass is 10.1. The van der Waals surface area contributed by atoms with Gasteiger partial charge in [0.05, 0.1) is 24.2 Å². The van der Waals surface area contributed by atoms with Crippen molar-refractivity contribution in [1.82, 2.24) is 24.1 Å². The van der Waals surface area contributed by atoms with E-state index < -0.39 is 0 Å². The molecule has 0 aliphatic rings. The summed E-state index contributed by atoms with van der Waals surface area (Å²) >= 11 is 0. The topological polar surface area (TPSA) is 77.2 Å². The minimum absolute atomic E-state index is 0.0731. The van der Waals surface area contributed by atoms with E-state index in [1.807, 2.05) is 67.0 Å². The Morgan fingerprint density at radius 1 is 1.03 bits per heavy atom.